The van der Waals surface area contributed by atoms with Gasteiger partial charge in [-0.25, -0.2) is 0 Å². The van der Waals surface area contributed by atoms with E-state index in [0.29, 0.717) is 29.4 Å². The van der Waals surface area contributed by atoms with E-state index in [2.05, 4.69) is 105 Å². The summed E-state index contributed by atoms with van der Waals surface area (Å²) in [6, 6.07) is 17.0. The van der Waals surface area contributed by atoms with Crippen LogP contribution in [-0.4, -0.2) is 11.7 Å². The number of nitrogens with zero attached hydrogens (tertiary/aromatic N) is 1. The quantitative estimate of drug-likeness (QED) is 0.226. The smallest absolute Gasteiger partial charge is 0.138 e. The third-order valence-electron chi connectivity index (χ3n) is 7.95. The summed E-state index contributed by atoms with van der Waals surface area (Å²) in [5.41, 5.74) is 4.34. The van der Waals surface area contributed by atoms with E-state index in [1.807, 2.05) is 11.0 Å². The molecule has 3 nitrogen and oxygen atoms in total. The van der Waals surface area contributed by atoms with Gasteiger partial charge in [0.15, 0.2) is 0 Å². The highest BCUT2D eigenvalue weighted by atomic mass is 15.2. The summed E-state index contributed by atoms with van der Waals surface area (Å²) in [5, 5.41) is 18.6. The van der Waals surface area contributed by atoms with Crippen LogP contribution in [0.3, 0.4) is 0 Å². The Bertz CT molecular complexity index is 984. The predicted octanol–water partition coefficient (Wildman–Crippen LogP) is 9.80. The minimum Gasteiger partial charge on any atom is -0.288 e. The highest BCUT2D eigenvalue weighted by Gasteiger charge is 2.30. The Balaban J connectivity index is 2.58. The normalized spacial score (nSPS) is 13.6. The lowest BCUT2D eigenvalue weighted by Gasteiger charge is -2.34. The molecule has 0 aliphatic rings. The molecule has 0 aromatic heterocycles. The minimum absolute atomic E-state index is 0.0359. The molecule has 0 aliphatic carbocycles. The minimum atomic E-state index is -0.0368. The summed E-state index contributed by atoms with van der Waals surface area (Å²) in [4.78, 5) is 1.88. The molecule has 0 fully saturated rings. The number of anilines is 1. The zero-order valence-electron chi connectivity index (χ0n) is 24.4. The van der Waals surface area contributed by atoms with Gasteiger partial charge in [0.25, 0.3) is 0 Å². The van der Waals surface area contributed by atoms with Crippen LogP contribution in [0.15, 0.2) is 48.5 Å². The number of nitrogens with one attached hydrogen (secondary N) is 2. The van der Waals surface area contributed by atoms with Gasteiger partial charge in [-0.3, -0.25) is 15.7 Å². The van der Waals surface area contributed by atoms with Crippen LogP contribution >= 0.6 is 0 Å². The monoisotopic (exact) mass is 489 g/mol. The molecule has 0 radical (unpaired) electrons. The highest BCUT2D eigenvalue weighted by molar-refractivity contribution is 6.24. The summed E-state index contributed by atoms with van der Waals surface area (Å²) < 4.78 is 0. The van der Waals surface area contributed by atoms with E-state index in [1.54, 1.807) is 0 Å². The van der Waals surface area contributed by atoms with Crippen LogP contribution in [0.5, 0.6) is 0 Å². The van der Waals surface area contributed by atoms with Gasteiger partial charge in [0.1, 0.15) is 11.7 Å². The van der Waals surface area contributed by atoms with E-state index in [9.17, 15) is 10.8 Å². The number of unbranched alkanes of at least 4 members (excludes halogenated alkanes) is 1. The second-order valence-electron chi connectivity index (χ2n) is 11.9. The first-order chi connectivity index (χ1) is 17.0. The summed E-state index contributed by atoms with van der Waals surface area (Å²) in [7, 11) is 0. The second kappa shape index (κ2) is 13.2. The molecule has 2 unspecified atom stereocenters. The molecule has 2 aromatic rings. The Labute approximate surface area is 221 Å². The van der Waals surface area contributed by atoms with E-state index >= 15 is 0 Å². The Morgan fingerprint density at radius 2 is 1.44 bits per heavy atom. The van der Waals surface area contributed by atoms with Gasteiger partial charge >= 0.3 is 0 Å². The summed E-state index contributed by atoms with van der Waals surface area (Å²) in [6.45, 7) is 20.1. The highest BCUT2D eigenvalue weighted by Crippen LogP contribution is 2.35. The zero-order valence-corrected chi connectivity index (χ0v) is 24.4. The van der Waals surface area contributed by atoms with Gasteiger partial charge in [-0.15, -0.1) is 0 Å². The van der Waals surface area contributed by atoms with E-state index < -0.39 is 0 Å². The van der Waals surface area contributed by atoms with Crippen LogP contribution in [0.25, 0.3) is 0 Å². The van der Waals surface area contributed by atoms with Gasteiger partial charge in [-0.2, -0.15) is 0 Å². The Morgan fingerprint density at radius 3 is 1.97 bits per heavy atom. The molecule has 198 valence electrons. The third kappa shape index (κ3) is 7.08. The first kappa shape index (κ1) is 29.8. The first-order valence-corrected chi connectivity index (χ1v) is 14.1. The van der Waals surface area contributed by atoms with Crippen molar-refractivity contribution in [1.29, 1.82) is 10.8 Å². The molecule has 0 amide bonds. The molecule has 36 heavy (non-hydrogen) atoms. The SMILES string of the molecule is CCCCC(C)(C)c1ccccc1C(=N)N(C(=N)C(C)C(C)C)c1ccc(C(CCC)C(C)C)cc1. The van der Waals surface area contributed by atoms with Crippen LogP contribution in [0.2, 0.25) is 0 Å². The molecule has 0 saturated heterocycles. The topological polar surface area (TPSA) is 50.9 Å². The maximum absolute atomic E-state index is 9.44. The maximum Gasteiger partial charge on any atom is 0.138 e. The number of rotatable bonds is 12. The van der Waals surface area contributed by atoms with Crippen molar-refractivity contribution in [3.8, 4) is 0 Å². The molecule has 2 aromatic carbocycles. The lowest BCUT2D eigenvalue weighted by atomic mass is 9.77. The van der Waals surface area contributed by atoms with Crippen molar-refractivity contribution < 1.29 is 0 Å². The molecule has 2 N–H and O–H groups in total. The number of amidine groups is 2. The van der Waals surface area contributed by atoms with E-state index in [4.69, 9.17) is 0 Å². The first-order valence-electron chi connectivity index (χ1n) is 14.1. The Hall–Kier alpha value is -2.42. The number of benzene rings is 2. The van der Waals surface area contributed by atoms with Crippen molar-refractivity contribution in [3.05, 3.63) is 65.2 Å². The average molecular weight is 490 g/mol. The predicted molar refractivity (Wildman–Crippen MR) is 159 cm³/mol. The fourth-order valence-electron chi connectivity index (χ4n) is 5.13. The fourth-order valence-corrected chi connectivity index (χ4v) is 5.13. The zero-order chi connectivity index (χ0) is 27.0. The standard InChI is InChI=1S/C33H51N3/c1-10-12-22-33(8,9)30-17-14-13-16-29(30)32(35)36(31(34)25(7)23(3)4)27-20-18-26(19-21-27)28(15-11-2)24(5)6/h13-14,16-21,23-25,28,34-35H,10-12,15,22H2,1-9H3. The summed E-state index contributed by atoms with van der Waals surface area (Å²) >= 11 is 0. The van der Waals surface area contributed by atoms with Gasteiger partial charge in [-0.1, -0.05) is 118 Å². The molecular weight excluding hydrogens is 438 g/mol. The number of hydrogen-bond acceptors (Lipinski definition) is 2. The van der Waals surface area contributed by atoms with Crippen molar-refractivity contribution in [2.45, 2.75) is 106 Å². The largest absolute Gasteiger partial charge is 0.288 e. The molecule has 2 rings (SSSR count). The van der Waals surface area contributed by atoms with E-state index in [0.717, 1.165) is 30.5 Å². The Morgan fingerprint density at radius 1 is 0.833 bits per heavy atom. The maximum atomic E-state index is 9.44. The molecule has 0 spiro atoms. The van der Waals surface area contributed by atoms with Gasteiger partial charge < -0.3 is 0 Å². The van der Waals surface area contributed by atoms with Crippen molar-refractivity contribution in [2.24, 2.45) is 17.8 Å². The van der Waals surface area contributed by atoms with Gasteiger partial charge in [-0.05, 0) is 59.3 Å². The molecule has 0 heterocycles. The van der Waals surface area contributed by atoms with Crippen LogP contribution in [-0.2, 0) is 5.41 Å². The van der Waals surface area contributed by atoms with Crippen LogP contribution < -0.4 is 4.90 Å². The average Bonchev–Trinajstić information content (AvgIpc) is 2.85. The van der Waals surface area contributed by atoms with Gasteiger partial charge in [0.2, 0.25) is 0 Å². The third-order valence-corrected chi connectivity index (χ3v) is 7.95. The van der Waals surface area contributed by atoms with Crippen LogP contribution in [0, 0.1) is 28.6 Å². The lowest BCUT2D eigenvalue weighted by Crippen LogP contribution is -2.42. The molecule has 0 bridgehead atoms. The van der Waals surface area contributed by atoms with Crippen molar-refractivity contribution >= 4 is 17.4 Å². The molecule has 0 saturated carbocycles. The van der Waals surface area contributed by atoms with Gasteiger partial charge in [0.05, 0.1) is 0 Å². The van der Waals surface area contributed by atoms with Crippen LogP contribution in [0.1, 0.15) is 117 Å². The van der Waals surface area contributed by atoms with Crippen molar-refractivity contribution in [1.82, 2.24) is 0 Å². The fraction of sp³-hybridized carbons (Fsp3) is 0.576. The molecular formula is C33H51N3. The van der Waals surface area contributed by atoms with E-state index in [1.165, 1.54) is 24.0 Å². The van der Waals surface area contributed by atoms with Crippen LogP contribution in [0.4, 0.5) is 5.69 Å². The summed E-state index contributed by atoms with van der Waals surface area (Å²) in [6.07, 6.45) is 5.75. The number of hydrogen-bond donors (Lipinski definition) is 2. The molecule has 3 heteroatoms. The second-order valence-corrected chi connectivity index (χ2v) is 11.9. The molecule has 0 aliphatic heterocycles. The molecule has 2 atom stereocenters. The Kier molecular flexibility index (Phi) is 10.9. The lowest BCUT2D eigenvalue weighted by molar-refractivity contribution is 0.457. The van der Waals surface area contributed by atoms with Gasteiger partial charge in [0, 0.05) is 17.2 Å². The van der Waals surface area contributed by atoms with E-state index in [-0.39, 0.29) is 11.3 Å². The van der Waals surface area contributed by atoms with Crippen molar-refractivity contribution in [3.63, 3.8) is 0 Å². The van der Waals surface area contributed by atoms with Crippen molar-refractivity contribution in [2.75, 3.05) is 4.90 Å². The summed E-state index contributed by atoms with van der Waals surface area (Å²) in [5.74, 6) is 2.35.